The van der Waals surface area contributed by atoms with Gasteiger partial charge in [-0.05, 0) is 6.42 Å². The second kappa shape index (κ2) is 29.3. The molecule has 0 spiro atoms. The molecule has 0 fully saturated rings. The summed E-state index contributed by atoms with van der Waals surface area (Å²) >= 11 is 0. The van der Waals surface area contributed by atoms with Crippen LogP contribution in [0.2, 0.25) is 0 Å². The third kappa shape index (κ3) is 27.8. The average molecular weight is 594 g/mol. The average Bonchev–Trinajstić information content (AvgIpc) is 2.89. The van der Waals surface area contributed by atoms with Crippen molar-refractivity contribution in [3.63, 3.8) is 0 Å². The molecule has 0 saturated carbocycles. The summed E-state index contributed by atoms with van der Waals surface area (Å²) in [6.45, 7) is 2.25. The first-order valence-electron chi connectivity index (χ1n) is 14.8. The molecule has 0 aromatic carbocycles. The fourth-order valence-electron chi connectivity index (χ4n) is 4.28. The number of hydrogen-bond donors (Lipinski definition) is 7. The third-order valence-electron chi connectivity index (χ3n) is 6.38. The summed E-state index contributed by atoms with van der Waals surface area (Å²) in [6, 6.07) is -0.991. The Morgan fingerprint density at radius 1 is 0.634 bits per heavy atom. The highest BCUT2D eigenvalue weighted by Gasteiger charge is 2.28. The Morgan fingerprint density at radius 2 is 1.05 bits per heavy atom. The van der Waals surface area contributed by atoms with E-state index < -0.39 is 43.6 Å². The van der Waals surface area contributed by atoms with Crippen molar-refractivity contribution in [3.8, 4) is 0 Å². The van der Waals surface area contributed by atoms with E-state index in [0.717, 1.165) is 24.2 Å². The predicted molar refractivity (Wildman–Crippen MR) is 155 cm³/mol. The molecule has 13 nitrogen and oxygen atoms in total. The molecule has 0 aliphatic carbocycles. The van der Waals surface area contributed by atoms with Crippen molar-refractivity contribution in [1.82, 2.24) is 15.1 Å². The summed E-state index contributed by atoms with van der Waals surface area (Å²) in [5.41, 5.74) is 0. The zero-order chi connectivity index (χ0) is 31.3. The van der Waals surface area contributed by atoms with Crippen molar-refractivity contribution in [2.24, 2.45) is 0 Å². The fraction of sp³-hybridized carbons (Fsp3) is 0.857. The molecule has 1 unspecified atom stereocenters. The van der Waals surface area contributed by atoms with Gasteiger partial charge in [-0.25, -0.2) is 0 Å². The van der Waals surface area contributed by atoms with Crippen LogP contribution in [0.25, 0.3) is 0 Å². The smallest absolute Gasteiger partial charge is 0.317 e. The van der Waals surface area contributed by atoms with Gasteiger partial charge in [0.05, 0.1) is 45.5 Å². The SMILES string of the molecule is CCCCCCCCCCCCCC(=O)C(CNCC(=O)O)N(CC(=O)O)CC(=O)O.OCCN(CCO)CCO. The van der Waals surface area contributed by atoms with Crippen LogP contribution in [0.15, 0.2) is 0 Å². The van der Waals surface area contributed by atoms with E-state index in [2.05, 4.69) is 12.2 Å². The normalized spacial score (nSPS) is 11.8. The van der Waals surface area contributed by atoms with Gasteiger partial charge in [-0.1, -0.05) is 71.1 Å². The lowest BCUT2D eigenvalue weighted by Crippen LogP contribution is -2.51. The molecule has 0 rings (SSSR count). The van der Waals surface area contributed by atoms with E-state index >= 15 is 0 Å². The molecule has 0 aromatic rings. The number of aliphatic carboxylic acids is 3. The van der Waals surface area contributed by atoms with E-state index in [1.165, 1.54) is 44.9 Å². The number of hydrogen-bond acceptors (Lipinski definition) is 10. The number of unbranched alkanes of at least 4 members (excludes halogenated alkanes) is 10. The van der Waals surface area contributed by atoms with Gasteiger partial charge < -0.3 is 36.0 Å². The van der Waals surface area contributed by atoms with Crippen molar-refractivity contribution in [3.05, 3.63) is 0 Å². The molecule has 0 radical (unpaired) electrons. The van der Waals surface area contributed by atoms with Crippen LogP contribution in [0.4, 0.5) is 0 Å². The number of nitrogens with zero attached hydrogens (tertiary/aromatic N) is 2. The Morgan fingerprint density at radius 3 is 1.41 bits per heavy atom. The van der Waals surface area contributed by atoms with Crippen LogP contribution in [0.5, 0.6) is 0 Å². The summed E-state index contributed by atoms with van der Waals surface area (Å²) in [5.74, 6) is -3.87. The lowest BCUT2D eigenvalue weighted by molar-refractivity contribution is -0.144. The van der Waals surface area contributed by atoms with Gasteiger partial charge in [-0.15, -0.1) is 0 Å². The first-order chi connectivity index (χ1) is 19.6. The highest BCUT2D eigenvalue weighted by molar-refractivity contribution is 5.85. The van der Waals surface area contributed by atoms with Crippen LogP contribution >= 0.6 is 0 Å². The van der Waals surface area contributed by atoms with Crippen LogP contribution in [0, 0.1) is 0 Å². The van der Waals surface area contributed by atoms with E-state index in [-0.39, 0.29) is 38.6 Å². The number of Topliss-reactive ketones (excluding diaryl/α,β-unsaturated/α-hetero) is 1. The molecule has 13 heteroatoms. The summed E-state index contributed by atoms with van der Waals surface area (Å²) < 4.78 is 0. The molecule has 1 atom stereocenters. The largest absolute Gasteiger partial charge is 0.480 e. The van der Waals surface area contributed by atoms with E-state index in [9.17, 15) is 19.2 Å². The molecule has 0 aromatic heterocycles. The Kier molecular flexibility index (Phi) is 29.3. The molecule has 0 amide bonds. The minimum atomic E-state index is -1.24. The van der Waals surface area contributed by atoms with Crippen molar-refractivity contribution in [2.75, 3.05) is 65.6 Å². The van der Waals surface area contributed by atoms with Crippen molar-refractivity contribution < 1.29 is 49.8 Å². The van der Waals surface area contributed by atoms with Gasteiger partial charge >= 0.3 is 17.9 Å². The number of nitrogens with one attached hydrogen (secondary N) is 1. The van der Waals surface area contributed by atoms with Crippen LogP contribution in [0.3, 0.4) is 0 Å². The third-order valence-corrected chi connectivity index (χ3v) is 6.38. The van der Waals surface area contributed by atoms with Gasteiger partial charge in [0.25, 0.3) is 0 Å². The number of carbonyl (C=O) groups is 4. The molecule has 0 aliphatic heterocycles. The van der Waals surface area contributed by atoms with Crippen molar-refractivity contribution in [1.29, 1.82) is 0 Å². The number of aliphatic hydroxyl groups excluding tert-OH is 3. The summed E-state index contributed by atoms with van der Waals surface area (Å²) in [5, 5.41) is 54.9. The molecule has 0 bridgehead atoms. The second-order valence-corrected chi connectivity index (χ2v) is 10.00. The topological polar surface area (TPSA) is 208 Å². The number of carbonyl (C=O) groups excluding carboxylic acids is 1. The maximum Gasteiger partial charge on any atom is 0.317 e. The van der Waals surface area contributed by atoms with Gasteiger partial charge in [-0.2, -0.15) is 0 Å². The van der Waals surface area contributed by atoms with Crippen LogP contribution in [-0.2, 0) is 19.2 Å². The minimum Gasteiger partial charge on any atom is -0.480 e. The first-order valence-corrected chi connectivity index (χ1v) is 14.8. The summed E-state index contributed by atoms with van der Waals surface area (Å²) in [4.78, 5) is 48.4. The monoisotopic (exact) mass is 593 g/mol. The Bertz CT molecular complexity index is 651. The number of carboxylic acid groups (broad SMARTS) is 3. The van der Waals surface area contributed by atoms with Gasteiger partial charge in [-0.3, -0.25) is 29.0 Å². The molecule has 242 valence electrons. The van der Waals surface area contributed by atoms with Crippen molar-refractivity contribution >= 4 is 23.7 Å². The Balaban J connectivity index is 0. The number of rotatable bonds is 28. The van der Waals surface area contributed by atoms with E-state index in [4.69, 9.17) is 30.6 Å². The molecule has 0 heterocycles. The molecule has 0 aliphatic rings. The number of aliphatic hydroxyl groups is 3. The molecular formula is C28H55N3O10. The summed E-state index contributed by atoms with van der Waals surface area (Å²) in [6.07, 6.45) is 12.7. The van der Waals surface area contributed by atoms with Gasteiger partial charge in [0.15, 0.2) is 5.78 Å². The molecular weight excluding hydrogens is 538 g/mol. The van der Waals surface area contributed by atoms with Crippen LogP contribution < -0.4 is 5.32 Å². The standard InChI is InChI=1S/C22H40N2O7.C6H15NO3/c1-2-3-4-5-6-7-8-9-10-11-12-13-19(25)18(14-23-15-20(26)27)24(16-21(28)29)17-22(30)31;8-4-1-7(2-5-9)3-6-10/h18,23H,2-17H2,1H3,(H,26,27)(H,28,29)(H,30,31);8-10H,1-6H2. The number of ketones is 1. The highest BCUT2D eigenvalue weighted by atomic mass is 16.4. The molecule has 0 saturated heterocycles. The minimum absolute atomic E-state index is 0.0694. The quantitative estimate of drug-likeness (QED) is 0.0633. The predicted octanol–water partition coefficient (Wildman–Crippen LogP) is 1.04. The van der Waals surface area contributed by atoms with E-state index in [1.807, 2.05) is 0 Å². The van der Waals surface area contributed by atoms with Gasteiger partial charge in [0, 0.05) is 32.6 Å². The lowest BCUT2D eigenvalue weighted by atomic mass is 10.0. The van der Waals surface area contributed by atoms with Gasteiger partial charge in [0.1, 0.15) is 0 Å². The highest BCUT2D eigenvalue weighted by Crippen LogP contribution is 2.13. The number of carboxylic acids is 3. The first kappa shape index (κ1) is 41.0. The lowest BCUT2D eigenvalue weighted by Gasteiger charge is -2.28. The van der Waals surface area contributed by atoms with E-state index in [0.29, 0.717) is 26.1 Å². The van der Waals surface area contributed by atoms with E-state index in [1.54, 1.807) is 4.90 Å². The Hall–Kier alpha value is -2.16. The zero-order valence-corrected chi connectivity index (χ0v) is 24.8. The molecule has 41 heavy (non-hydrogen) atoms. The van der Waals surface area contributed by atoms with Crippen molar-refractivity contribution in [2.45, 2.75) is 90.0 Å². The maximum atomic E-state index is 12.7. The van der Waals surface area contributed by atoms with Gasteiger partial charge in [0.2, 0.25) is 0 Å². The fourth-order valence-corrected chi connectivity index (χ4v) is 4.28. The van der Waals surface area contributed by atoms with Crippen LogP contribution in [0.1, 0.15) is 84.0 Å². The summed E-state index contributed by atoms with van der Waals surface area (Å²) in [7, 11) is 0. The second-order valence-electron chi connectivity index (χ2n) is 10.00. The zero-order valence-electron chi connectivity index (χ0n) is 24.8. The molecule has 7 N–H and O–H groups in total. The maximum absolute atomic E-state index is 12.7. The Labute approximate surface area is 244 Å². The van der Waals surface area contributed by atoms with Crippen LogP contribution in [-0.4, -0.2) is 136 Å².